The smallest absolute Gasteiger partial charge is 0.160 e. The molecular formula is C22H26N4O2. The molecule has 0 spiro atoms. The number of aliphatic hydroxyl groups excluding tert-OH is 1. The van der Waals surface area contributed by atoms with Crippen molar-refractivity contribution < 1.29 is 9.90 Å². The molecule has 1 aromatic rings. The number of hydrogen-bond acceptors (Lipinski definition) is 5. The fourth-order valence-electron chi connectivity index (χ4n) is 3.25. The number of rotatable bonds is 3. The lowest BCUT2D eigenvalue weighted by atomic mass is 9.94. The third kappa shape index (κ3) is 4.84. The SMILES string of the molecule is CN=C(NC(=NC=C1CCCCC1=O)C1=CCC(N)C=C1O)c1ccccc1. The van der Waals surface area contributed by atoms with Crippen molar-refractivity contribution in [2.24, 2.45) is 15.7 Å². The highest BCUT2D eigenvalue weighted by molar-refractivity contribution is 6.16. The summed E-state index contributed by atoms with van der Waals surface area (Å²) in [6, 6.07) is 9.45. The van der Waals surface area contributed by atoms with Crippen LogP contribution in [0.2, 0.25) is 0 Å². The first kappa shape index (κ1) is 19.8. The van der Waals surface area contributed by atoms with Crippen molar-refractivity contribution in [2.45, 2.75) is 38.1 Å². The van der Waals surface area contributed by atoms with Gasteiger partial charge in [0.05, 0.1) is 5.57 Å². The van der Waals surface area contributed by atoms with Crippen LogP contribution in [-0.4, -0.2) is 35.7 Å². The molecule has 0 amide bonds. The van der Waals surface area contributed by atoms with Crippen LogP contribution in [-0.2, 0) is 4.79 Å². The minimum Gasteiger partial charge on any atom is -0.507 e. The maximum Gasteiger partial charge on any atom is 0.160 e. The number of nitrogens with zero attached hydrogens (tertiary/aromatic N) is 2. The van der Waals surface area contributed by atoms with Crippen LogP contribution in [0.1, 0.15) is 37.7 Å². The summed E-state index contributed by atoms with van der Waals surface area (Å²) in [7, 11) is 1.69. The van der Waals surface area contributed by atoms with Crippen LogP contribution in [0.5, 0.6) is 0 Å². The van der Waals surface area contributed by atoms with Crippen molar-refractivity contribution in [3.63, 3.8) is 0 Å². The van der Waals surface area contributed by atoms with Crippen LogP contribution in [0.25, 0.3) is 0 Å². The number of aliphatic imine (C=N–C) groups is 2. The van der Waals surface area contributed by atoms with Crippen LogP contribution in [0, 0.1) is 0 Å². The van der Waals surface area contributed by atoms with Gasteiger partial charge in [-0.2, -0.15) is 0 Å². The zero-order chi connectivity index (χ0) is 19.9. The fourth-order valence-corrected chi connectivity index (χ4v) is 3.25. The Morgan fingerprint density at radius 1 is 1.21 bits per heavy atom. The van der Waals surface area contributed by atoms with E-state index in [0.717, 1.165) is 30.4 Å². The second-order valence-corrected chi connectivity index (χ2v) is 6.89. The molecule has 0 radical (unpaired) electrons. The lowest BCUT2D eigenvalue weighted by molar-refractivity contribution is -0.116. The van der Waals surface area contributed by atoms with E-state index < -0.39 is 0 Å². The van der Waals surface area contributed by atoms with Gasteiger partial charge in [-0.15, -0.1) is 0 Å². The van der Waals surface area contributed by atoms with Crippen LogP contribution in [0.3, 0.4) is 0 Å². The number of benzene rings is 1. The summed E-state index contributed by atoms with van der Waals surface area (Å²) in [5, 5.41) is 13.6. The molecule has 6 heteroatoms. The second-order valence-electron chi connectivity index (χ2n) is 6.89. The van der Waals surface area contributed by atoms with E-state index in [1.807, 2.05) is 36.4 Å². The Labute approximate surface area is 165 Å². The Kier molecular flexibility index (Phi) is 6.55. The van der Waals surface area contributed by atoms with E-state index in [0.29, 0.717) is 30.1 Å². The normalized spacial score (nSPS) is 22.7. The molecule has 3 rings (SSSR count). The molecule has 0 saturated heterocycles. The van der Waals surface area contributed by atoms with Crippen LogP contribution >= 0.6 is 0 Å². The summed E-state index contributed by atoms with van der Waals surface area (Å²) in [4.78, 5) is 21.0. The Hall–Kier alpha value is -2.99. The van der Waals surface area contributed by atoms with E-state index in [2.05, 4.69) is 15.3 Å². The molecule has 146 valence electrons. The van der Waals surface area contributed by atoms with Crippen molar-refractivity contribution in [1.82, 2.24) is 5.32 Å². The number of carbonyl (C=O) groups is 1. The predicted octanol–water partition coefficient (Wildman–Crippen LogP) is 3.18. The number of ketones is 1. The Morgan fingerprint density at radius 2 is 1.96 bits per heavy atom. The first-order valence-corrected chi connectivity index (χ1v) is 9.55. The van der Waals surface area contributed by atoms with E-state index in [-0.39, 0.29) is 17.6 Å². The van der Waals surface area contributed by atoms with Gasteiger partial charge in [0.2, 0.25) is 0 Å². The molecule has 0 bridgehead atoms. The lowest BCUT2D eigenvalue weighted by Crippen LogP contribution is -2.34. The third-order valence-electron chi connectivity index (χ3n) is 4.81. The van der Waals surface area contributed by atoms with Gasteiger partial charge in [-0.1, -0.05) is 36.4 Å². The van der Waals surface area contributed by atoms with E-state index in [9.17, 15) is 9.90 Å². The number of nitrogens with two attached hydrogens (primary N) is 1. The molecule has 6 nitrogen and oxygen atoms in total. The van der Waals surface area contributed by atoms with E-state index >= 15 is 0 Å². The molecule has 0 heterocycles. The van der Waals surface area contributed by atoms with E-state index in [1.54, 1.807) is 19.3 Å². The predicted molar refractivity (Wildman–Crippen MR) is 112 cm³/mol. The summed E-state index contributed by atoms with van der Waals surface area (Å²) in [5.74, 6) is 1.27. The number of hydrogen-bond donors (Lipinski definition) is 3. The molecule has 1 aromatic carbocycles. The molecule has 1 saturated carbocycles. The van der Waals surface area contributed by atoms with E-state index in [4.69, 9.17) is 5.73 Å². The van der Waals surface area contributed by atoms with Crippen LogP contribution < -0.4 is 11.1 Å². The molecule has 28 heavy (non-hydrogen) atoms. The zero-order valence-corrected chi connectivity index (χ0v) is 16.1. The number of nitrogens with one attached hydrogen (secondary N) is 1. The Morgan fingerprint density at radius 3 is 2.64 bits per heavy atom. The summed E-state index contributed by atoms with van der Waals surface area (Å²) in [5.41, 5.74) is 8.07. The minimum absolute atomic E-state index is 0.0712. The first-order valence-electron chi connectivity index (χ1n) is 9.55. The number of aliphatic hydroxyl groups is 1. The van der Waals surface area contributed by atoms with Crippen LogP contribution in [0.4, 0.5) is 0 Å². The van der Waals surface area contributed by atoms with Gasteiger partial charge >= 0.3 is 0 Å². The molecule has 0 aromatic heterocycles. The summed E-state index contributed by atoms with van der Waals surface area (Å²) >= 11 is 0. The molecule has 1 unspecified atom stereocenters. The molecule has 4 N–H and O–H groups in total. The summed E-state index contributed by atoms with van der Waals surface area (Å²) in [6.07, 6.45) is 8.89. The second kappa shape index (κ2) is 9.28. The average Bonchev–Trinajstić information content (AvgIpc) is 2.70. The molecular weight excluding hydrogens is 352 g/mol. The number of carbonyl (C=O) groups excluding carboxylic acids is 1. The van der Waals surface area contributed by atoms with Gasteiger partial charge in [0.15, 0.2) is 5.78 Å². The maximum absolute atomic E-state index is 12.1. The van der Waals surface area contributed by atoms with Crippen molar-refractivity contribution in [3.05, 3.63) is 71.2 Å². The number of amidine groups is 2. The van der Waals surface area contributed by atoms with Gasteiger partial charge in [0, 0.05) is 36.8 Å². The molecule has 1 atom stereocenters. The van der Waals surface area contributed by atoms with Crippen molar-refractivity contribution in [2.75, 3.05) is 7.05 Å². The highest BCUT2D eigenvalue weighted by atomic mass is 16.3. The van der Waals surface area contributed by atoms with Gasteiger partial charge in [-0.05, 0) is 31.8 Å². The standard InChI is InChI=1S/C22H26N4O2/c1-24-21(15-7-3-2-4-8-15)26-22(18-12-11-17(23)13-20(18)28)25-14-16-9-5-6-10-19(16)27/h2-4,7-8,12-14,17,28H,5-6,9-11,23H2,1H3,(H,24,25,26). The molecule has 0 aliphatic heterocycles. The zero-order valence-electron chi connectivity index (χ0n) is 16.1. The Balaban J connectivity index is 1.95. The summed E-state index contributed by atoms with van der Waals surface area (Å²) in [6.45, 7) is 0. The quantitative estimate of drug-likeness (QED) is 0.427. The van der Waals surface area contributed by atoms with E-state index in [1.165, 1.54) is 0 Å². The van der Waals surface area contributed by atoms with Crippen molar-refractivity contribution in [3.8, 4) is 0 Å². The minimum atomic E-state index is -0.225. The van der Waals surface area contributed by atoms with Gasteiger partial charge in [-0.3, -0.25) is 9.79 Å². The largest absolute Gasteiger partial charge is 0.507 e. The van der Waals surface area contributed by atoms with Gasteiger partial charge < -0.3 is 16.2 Å². The molecule has 2 aliphatic rings. The maximum atomic E-state index is 12.1. The average molecular weight is 378 g/mol. The monoisotopic (exact) mass is 378 g/mol. The lowest BCUT2D eigenvalue weighted by Gasteiger charge is -2.19. The highest BCUT2D eigenvalue weighted by Gasteiger charge is 2.20. The van der Waals surface area contributed by atoms with Crippen molar-refractivity contribution in [1.29, 1.82) is 0 Å². The molecule has 2 aliphatic carbocycles. The number of Topliss-reactive ketones (excluding diaryl/α,β-unsaturated/α-hetero) is 1. The van der Waals surface area contributed by atoms with Crippen molar-refractivity contribution >= 4 is 17.5 Å². The topological polar surface area (TPSA) is 100 Å². The Bertz CT molecular complexity index is 879. The van der Waals surface area contributed by atoms with Crippen LogP contribution in [0.15, 0.2) is 75.6 Å². The van der Waals surface area contributed by atoms with Gasteiger partial charge in [0.1, 0.15) is 17.4 Å². The first-order chi connectivity index (χ1) is 13.6. The third-order valence-corrected chi connectivity index (χ3v) is 4.81. The van der Waals surface area contributed by atoms with Gasteiger partial charge in [-0.25, -0.2) is 4.99 Å². The van der Waals surface area contributed by atoms with Gasteiger partial charge in [0.25, 0.3) is 0 Å². The number of allylic oxidation sites excluding steroid dienone is 1. The summed E-state index contributed by atoms with van der Waals surface area (Å²) < 4.78 is 0. The fraction of sp³-hybridized carbons (Fsp3) is 0.318. The molecule has 1 fully saturated rings. The highest BCUT2D eigenvalue weighted by Crippen LogP contribution is 2.21.